The molecule has 0 amide bonds. The van der Waals surface area contributed by atoms with E-state index in [1.807, 2.05) is 13.8 Å². The van der Waals surface area contributed by atoms with Crippen molar-refractivity contribution in [3.63, 3.8) is 0 Å². The van der Waals surface area contributed by atoms with Gasteiger partial charge < -0.3 is 11.1 Å². The predicted octanol–water partition coefficient (Wildman–Crippen LogP) is 4.55. The van der Waals surface area contributed by atoms with Crippen molar-refractivity contribution in [3.05, 3.63) is 69.2 Å². The van der Waals surface area contributed by atoms with Gasteiger partial charge in [-0.3, -0.25) is 4.79 Å². The molecular weight excluding hydrogens is 385 g/mol. The maximum atomic E-state index is 12.7. The zero-order valence-electron chi connectivity index (χ0n) is 14.8. The fourth-order valence-electron chi connectivity index (χ4n) is 2.67. The lowest BCUT2D eigenvalue weighted by molar-refractivity contribution is 0.0993. The monoisotopic (exact) mass is 401 g/mol. The van der Waals surface area contributed by atoms with Crippen molar-refractivity contribution in [1.82, 2.24) is 15.0 Å². The number of rotatable bonds is 5. The molecule has 0 aliphatic heterocycles. The average Bonchev–Trinajstić information content (AvgIpc) is 2.57. The number of pyridine rings is 1. The number of halogens is 2. The van der Waals surface area contributed by atoms with E-state index in [9.17, 15) is 4.79 Å². The van der Waals surface area contributed by atoms with Crippen LogP contribution in [0.1, 0.15) is 27.4 Å². The molecule has 0 saturated carbocycles. The van der Waals surface area contributed by atoms with Crippen molar-refractivity contribution in [1.29, 1.82) is 0 Å². The average molecular weight is 402 g/mol. The van der Waals surface area contributed by atoms with Crippen molar-refractivity contribution in [2.45, 2.75) is 20.3 Å². The van der Waals surface area contributed by atoms with Gasteiger partial charge in [-0.15, -0.1) is 0 Å². The van der Waals surface area contributed by atoms with Gasteiger partial charge in [0.1, 0.15) is 17.5 Å². The first-order chi connectivity index (χ1) is 12.8. The van der Waals surface area contributed by atoms with Crippen LogP contribution in [0, 0.1) is 13.8 Å². The molecule has 3 rings (SSSR count). The number of ketones is 1. The molecule has 3 N–H and O–H groups in total. The lowest BCUT2D eigenvalue weighted by atomic mass is 10.0. The number of nitrogens with two attached hydrogens (primary N) is 1. The Kier molecular flexibility index (Phi) is 5.58. The Balaban J connectivity index is 1.86. The highest BCUT2D eigenvalue weighted by atomic mass is 35.5. The first-order valence-electron chi connectivity index (χ1n) is 8.14. The molecule has 0 aliphatic rings. The van der Waals surface area contributed by atoms with Crippen LogP contribution in [-0.2, 0) is 6.42 Å². The van der Waals surface area contributed by atoms with Crippen LogP contribution in [0.2, 0.25) is 10.0 Å². The van der Waals surface area contributed by atoms with E-state index >= 15 is 0 Å². The number of carbonyl (C=O) groups excluding carboxylic acids is 1. The minimum Gasteiger partial charge on any atom is -0.397 e. The number of hydrogen-bond acceptors (Lipinski definition) is 6. The minimum absolute atomic E-state index is 0.0499. The number of aromatic nitrogens is 3. The highest BCUT2D eigenvalue weighted by molar-refractivity contribution is 6.39. The highest BCUT2D eigenvalue weighted by Gasteiger charge is 2.17. The quantitative estimate of drug-likeness (QED) is 0.609. The molecule has 1 aromatic carbocycles. The van der Waals surface area contributed by atoms with Gasteiger partial charge in [0.05, 0.1) is 27.5 Å². The molecule has 138 valence electrons. The number of carbonyl (C=O) groups is 1. The van der Waals surface area contributed by atoms with Crippen LogP contribution in [0.3, 0.4) is 0 Å². The molecular formula is C19H17Cl2N5O. The summed E-state index contributed by atoms with van der Waals surface area (Å²) in [6, 6.07) is 8.47. The zero-order chi connectivity index (χ0) is 19.6. The van der Waals surface area contributed by atoms with Gasteiger partial charge in [0, 0.05) is 18.2 Å². The Bertz CT molecular complexity index is 982. The molecule has 0 atom stereocenters. The molecule has 6 nitrogen and oxygen atoms in total. The third-order valence-electron chi connectivity index (χ3n) is 3.84. The number of anilines is 3. The van der Waals surface area contributed by atoms with Gasteiger partial charge in [0.15, 0.2) is 5.78 Å². The second-order valence-electron chi connectivity index (χ2n) is 6.03. The number of nitrogens with zero attached hydrogens (tertiary/aromatic N) is 3. The van der Waals surface area contributed by atoms with E-state index in [0.717, 1.165) is 5.69 Å². The molecule has 0 aliphatic carbocycles. The molecule has 3 aromatic rings. The predicted molar refractivity (Wildman–Crippen MR) is 108 cm³/mol. The van der Waals surface area contributed by atoms with Crippen LogP contribution >= 0.6 is 23.2 Å². The summed E-state index contributed by atoms with van der Waals surface area (Å²) in [7, 11) is 0. The van der Waals surface area contributed by atoms with Gasteiger partial charge in [-0.1, -0.05) is 29.3 Å². The van der Waals surface area contributed by atoms with Crippen LogP contribution in [0.25, 0.3) is 0 Å². The smallest absolute Gasteiger partial charge is 0.170 e. The molecule has 0 radical (unpaired) electrons. The van der Waals surface area contributed by atoms with E-state index < -0.39 is 0 Å². The Morgan fingerprint density at radius 2 is 1.81 bits per heavy atom. The van der Waals surface area contributed by atoms with Gasteiger partial charge in [0.2, 0.25) is 0 Å². The fraction of sp³-hybridized carbons (Fsp3) is 0.158. The molecule has 2 heterocycles. The Labute approximate surface area is 166 Å². The van der Waals surface area contributed by atoms with Gasteiger partial charge in [0.25, 0.3) is 0 Å². The summed E-state index contributed by atoms with van der Waals surface area (Å²) >= 11 is 12.2. The van der Waals surface area contributed by atoms with E-state index in [2.05, 4.69) is 20.3 Å². The second-order valence-corrected chi connectivity index (χ2v) is 6.85. The lowest BCUT2D eigenvalue weighted by Gasteiger charge is -2.11. The normalized spacial score (nSPS) is 10.7. The zero-order valence-corrected chi connectivity index (χ0v) is 16.3. The maximum Gasteiger partial charge on any atom is 0.170 e. The molecule has 0 unspecified atom stereocenters. The van der Waals surface area contributed by atoms with E-state index in [1.54, 1.807) is 30.3 Å². The summed E-state index contributed by atoms with van der Waals surface area (Å²) in [4.78, 5) is 25.5. The standard InChI is InChI=1S/C19H17Cl2N5O/c1-10-6-18(25-11(2)24-10)26-17-8-12(15(22)9-23-17)7-16(27)19-13(20)4-3-5-14(19)21/h3-6,8-9H,7,22H2,1-2H3,(H,23,24,25,26). The number of benzene rings is 1. The number of aryl methyl sites for hydroxylation is 2. The van der Waals surface area contributed by atoms with Crippen LogP contribution in [0.4, 0.5) is 17.3 Å². The third kappa shape index (κ3) is 4.53. The number of nitrogens with one attached hydrogen (secondary N) is 1. The van der Waals surface area contributed by atoms with Crippen molar-refractivity contribution >= 4 is 46.3 Å². The summed E-state index contributed by atoms with van der Waals surface area (Å²) in [6.07, 6.45) is 1.55. The van der Waals surface area contributed by atoms with Crippen LogP contribution < -0.4 is 11.1 Å². The SMILES string of the molecule is Cc1cc(Nc2cc(CC(=O)c3c(Cl)cccc3Cl)c(N)cn2)nc(C)n1. The Morgan fingerprint density at radius 1 is 1.11 bits per heavy atom. The molecule has 0 bridgehead atoms. The van der Waals surface area contributed by atoms with E-state index in [4.69, 9.17) is 28.9 Å². The van der Waals surface area contributed by atoms with Crippen molar-refractivity contribution in [3.8, 4) is 0 Å². The summed E-state index contributed by atoms with van der Waals surface area (Å²) in [5.41, 5.74) is 8.15. The molecule has 0 spiro atoms. The molecule has 0 fully saturated rings. The minimum atomic E-state index is -0.219. The first-order valence-corrected chi connectivity index (χ1v) is 8.90. The second kappa shape index (κ2) is 7.90. The van der Waals surface area contributed by atoms with Gasteiger partial charge in [-0.25, -0.2) is 15.0 Å². The van der Waals surface area contributed by atoms with Crippen LogP contribution in [0.5, 0.6) is 0 Å². The Hall–Kier alpha value is -2.70. The highest BCUT2D eigenvalue weighted by Crippen LogP contribution is 2.27. The molecule has 8 heteroatoms. The van der Waals surface area contributed by atoms with Crippen LogP contribution in [-0.4, -0.2) is 20.7 Å². The van der Waals surface area contributed by atoms with Crippen molar-refractivity contribution < 1.29 is 4.79 Å². The number of Topliss-reactive ketones (excluding diaryl/α,β-unsaturated/α-hetero) is 1. The first kappa shape index (κ1) is 19.1. The summed E-state index contributed by atoms with van der Waals surface area (Å²) in [5.74, 6) is 1.57. The van der Waals surface area contributed by atoms with Gasteiger partial charge >= 0.3 is 0 Å². The van der Waals surface area contributed by atoms with E-state index in [0.29, 0.717) is 38.8 Å². The van der Waals surface area contributed by atoms with Gasteiger partial charge in [-0.05, 0) is 37.6 Å². The number of nitrogen functional groups attached to an aromatic ring is 1. The van der Waals surface area contributed by atoms with Crippen molar-refractivity contribution in [2.75, 3.05) is 11.1 Å². The summed E-state index contributed by atoms with van der Waals surface area (Å²) in [6.45, 7) is 3.69. The molecule has 27 heavy (non-hydrogen) atoms. The fourth-order valence-corrected chi connectivity index (χ4v) is 3.28. The van der Waals surface area contributed by atoms with Crippen molar-refractivity contribution in [2.24, 2.45) is 0 Å². The lowest BCUT2D eigenvalue weighted by Crippen LogP contribution is -2.09. The molecule has 0 saturated heterocycles. The summed E-state index contributed by atoms with van der Waals surface area (Å²) < 4.78 is 0. The molecule has 2 aromatic heterocycles. The summed E-state index contributed by atoms with van der Waals surface area (Å²) in [5, 5.41) is 3.73. The van der Waals surface area contributed by atoms with Gasteiger partial charge in [-0.2, -0.15) is 0 Å². The largest absolute Gasteiger partial charge is 0.397 e. The third-order valence-corrected chi connectivity index (χ3v) is 4.47. The van der Waals surface area contributed by atoms with Crippen LogP contribution in [0.15, 0.2) is 36.5 Å². The Morgan fingerprint density at radius 3 is 2.48 bits per heavy atom. The van der Waals surface area contributed by atoms with E-state index in [1.165, 1.54) is 6.20 Å². The van der Waals surface area contributed by atoms with E-state index in [-0.39, 0.29) is 17.8 Å². The topological polar surface area (TPSA) is 93.8 Å². The maximum absolute atomic E-state index is 12.7. The number of hydrogen-bond donors (Lipinski definition) is 2.